The molecule has 0 radical (unpaired) electrons. The van der Waals surface area contributed by atoms with E-state index in [2.05, 4.69) is 4.74 Å². The minimum absolute atomic E-state index is 0.527. The van der Waals surface area contributed by atoms with Crippen molar-refractivity contribution in [1.29, 1.82) is 0 Å². The smallest absolute Gasteiger partial charge is 0.387 e. The molecule has 0 aromatic heterocycles. The third-order valence-electron chi connectivity index (χ3n) is 0.546. The molecule has 0 saturated carbocycles. The molecule has 0 unspecified atom stereocenters. The van der Waals surface area contributed by atoms with Gasteiger partial charge in [0.15, 0.2) is 0 Å². The van der Waals surface area contributed by atoms with E-state index in [1.165, 1.54) is 0 Å². The molecule has 0 aromatic rings. The molecule has 0 saturated heterocycles. The Morgan fingerprint density at radius 2 is 1.82 bits per heavy atom. The van der Waals surface area contributed by atoms with E-state index in [4.69, 9.17) is 0 Å². The standard InChI is InChI=1S/C3H3F3O4S/c1-2(7)10-3(4,5)11(6,8)9/h1H3. The topological polar surface area (TPSA) is 60.4 Å². The molecule has 8 heteroatoms. The number of hydrogen-bond acceptors (Lipinski definition) is 4. The number of esters is 1. The van der Waals surface area contributed by atoms with Crippen LogP contribution in [0.5, 0.6) is 0 Å². The van der Waals surface area contributed by atoms with E-state index in [1.54, 1.807) is 0 Å². The summed E-state index contributed by atoms with van der Waals surface area (Å²) in [5.74, 6) is -1.59. The van der Waals surface area contributed by atoms with Gasteiger partial charge < -0.3 is 4.74 Å². The summed E-state index contributed by atoms with van der Waals surface area (Å²) in [7, 11) is -6.17. The lowest BCUT2D eigenvalue weighted by molar-refractivity contribution is -0.190. The average Bonchev–Trinajstić information content (AvgIpc) is 1.56. The molecule has 66 valence electrons. The average molecular weight is 192 g/mol. The largest absolute Gasteiger partial charge is 0.540 e. The summed E-state index contributed by atoms with van der Waals surface area (Å²) in [5, 5.41) is 0. The number of ether oxygens (including phenoxy) is 1. The second kappa shape index (κ2) is 2.68. The van der Waals surface area contributed by atoms with Crippen LogP contribution in [0.2, 0.25) is 0 Å². The van der Waals surface area contributed by atoms with Crippen molar-refractivity contribution in [2.45, 2.75) is 12.4 Å². The first-order chi connectivity index (χ1) is 4.67. The molecule has 0 aliphatic rings. The normalized spacial score (nSPS) is 12.7. The van der Waals surface area contributed by atoms with Crippen LogP contribution in [-0.4, -0.2) is 19.8 Å². The van der Waals surface area contributed by atoms with Crippen molar-refractivity contribution < 1.29 is 30.6 Å². The van der Waals surface area contributed by atoms with Gasteiger partial charge in [-0.3, -0.25) is 4.79 Å². The van der Waals surface area contributed by atoms with Crippen molar-refractivity contribution in [1.82, 2.24) is 0 Å². The molecule has 0 fully saturated rings. The quantitative estimate of drug-likeness (QED) is 0.469. The molecule has 11 heavy (non-hydrogen) atoms. The minimum atomic E-state index is -6.17. The Morgan fingerprint density at radius 1 is 1.45 bits per heavy atom. The molecule has 0 aliphatic heterocycles. The molecule has 0 N–H and O–H groups in total. The molecular weight excluding hydrogens is 189 g/mol. The number of carbonyl (C=O) groups excluding carboxylic acids is 1. The molecule has 0 rings (SSSR count). The summed E-state index contributed by atoms with van der Waals surface area (Å²) in [6.45, 7) is 0.527. The lowest BCUT2D eigenvalue weighted by atomic mass is 10.8. The van der Waals surface area contributed by atoms with Crippen LogP contribution < -0.4 is 0 Å². The Hall–Kier alpha value is -0.790. The van der Waals surface area contributed by atoms with Crippen LogP contribution >= 0.6 is 0 Å². The van der Waals surface area contributed by atoms with Gasteiger partial charge in [0.25, 0.3) is 0 Å². The number of carbonyl (C=O) groups is 1. The van der Waals surface area contributed by atoms with E-state index in [0.29, 0.717) is 6.92 Å². The summed E-state index contributed by atoms with van der Waals surface area (Å²) in [4.78, 5) is 9.77. The lowest BCUT2D eigenvalue weighted by Gasteiger charge is -2.08. The van der Waals surface area contributed by atoms with Crippen molar-refractivity contribution in [3.05, 3.63) is 0 Å². The first-order valence-electron chi connectivity index (χ1n) is 2.18. The van der Waals surface area contributed by atoms with Gasteiger partial charge in [-0.05, 0) is 0 Å². The maximum absolute atomic E-state index is 11.8. The molecule has 0 atom stereocenters. The van der Waals surface area contributed by atoms with Crippen LogP contribution in [0, 0.1) is 0 Å². The zero-order valence-electron chi connectivity index (χ0n) is 5.18. The highest BCUT2D eigenvalue weighted by molar-refractivity contribution is 7.87. The van der Waals surface area contributed by atoms with Crippen LogP contribution in [0.3, 0.4) is 0 Å². The summed E-state index contributed by atoms with van der Waals surface area (Å²) in [6.07, 6.45) is 0. The van der Waals surface area contributed by atoms with E-state index in [-0.39, 0.29) is 0 Å². The zero-order valence-corrected chi connectivity index (χ0v) is 5.99. The highest BCUT2D eigenvalue weighted by Gasteiger charge is 2.50. The van der Waals surface area contributed by atoms with Crippen molar-refractivity contribution in [2.75, 3.05) is 0 Å². The summed E-state index contributed by atoms with van der Waals surface area (Å²) < 4.78 is 56.9. The molecule has 0 aromatic carbocycles. The maximum atomic E-state index is 11.8. The molecule has 4 nitrogen and oxygen atoms in total. The summed E-state index contributed by atoms with van der Waals surface area (Å²) in [5.41, 5.74) is -5.08. The van der Waals surface area contributed by atoms with Gasteiger partial charge in [-0.15, -0.1) is 8.78 Å². The van der Waals surface area contributed by atoms with Crippen LogP contribution in [0.25, 0.3) is 0 Å². The van der Waals surface area contributed by atoms with Crippen LogP contribution in [0.4, 0.5) is 12.7 Å². The predicted molar refractivity (Wildman–Crippen MR) is 26.7 cm³/mol. The molecule has 0 aliphatic carbocycles. The third-order valence-corrected chi connectivity index (χ3v) is 1.20. The van der Waals surface area contributed by atoms with E-state index in [0.717, 1.165) is 0 Å². The predicted octanol–water partition coefficient (Wildman–Crippen LogP) is 0.399. The molecule has 0 spiro atoms. The molecular formula is C3H3F3O4S. The van der Waals surface area contributed by atoms with Gasteiger partial charge in [0.1, 0.15) is 0 Å². The Kier molecular flexibility index (Phi) is 2.49. The monoisotopic (exact) mass is 192 g/mol. The van der Waals surface area contributed by atoms with Gasteiger partial charge in [-0.25, -0.2) is 0 Å². The fraction of sp³-hybridized carbons (Fsp3) is 0.667. The fourth-order valence-corrected chi connectivity index (χ4v) is 0.434. The van der Waals surface area contributed by atoms with E-state index in [9.17, 15) is 25.9 Å². The van der Waals surface area contributed by atoms with E-state index < -0.39 is 21.6 Å². The SMILES string of the molecule is CC(=O)OC(F)(F)S(=O)(=O)F. The van der Waals surface area contributed by atoms with Crippen LogP contribution in [-0.2, 0) is 19.8 Å². The first-order valence-corrected chi connectivity index (χ1v) is 3.57. The second-order valence-corrected chi connectivity index (χ2v) is 2.85. The second-order valence-electron chi connectivity index (χ2n) is 1.49. The number of alkyl halides is 2. The maximum Gasteiger partial charge on any atom is 0.540 e. The zero-order chi connectivity index (χ0) is 9.28. The van der Waals surface area contributed by atoms with E-state index in [1.807, 2.05) is 0 Å². The van der Waals surface area contributed by atoms with Gasteiger partial charge in [0.05, 0.1) is 0 Å². The number of hydrogen-bond donors (Lipinski definition) is 0. The number of rotatable bonds is 2. The minimum Gasteiger partial charge on any atom is -0.387 e. The first kappa shape index (κ1) is 10.2. The Labute approximate surface area is 60.2 Å². The summed E-state index contributed by atoms with van der Waals surface area (Å²) >= 11 is 0. The van der Waals surface area contributed by atoms with Crippen LogP contribution in [0.15, 0.2) is 0 Å². The van der Waals surface area contributed by atoms with Crippen LogP contribution in [0.1, 0.15) is 6.92 Å². The molecule has 0 heterocycles. The summed E-state index contributed by atoms with van der Waals surface area (Å²) in [6, 6.07) is 0. The van der Waals surface area contributed by atoms with Gasteiger partial charge in [0.2, 0.25) is 0 Å². The molecule has 0 amide bonds. The Bertz CT molecular complexity index is 256. The Morgan fingerprint density at radius 3 is 1.91 bits per heavy atom. The van der Waals surface area contributed by atoms with E-state index >= 15 is 0 Å². The van der Waals surface area contributed by atoms with Gasteiger partial charge in [-0.2, -0.15) is 8.42 Å². The third kappa shape index (κ3) is 2.74. The van der Waals surface area contributed by atoms with Crippen molar-refractivity contribution in [3.63, 3.8) is 0 Å². The highest BCUT2D eigenvalue weighted by Crippen LogP contribution is 2.24. The molecule has 0 bridgehead atoms. The fourth-order valence-electron chi connectivity index (χ4n) is 0.217. The highest BCUT2D eigenvalue weighted by atomic mass is 32.3. The Balaban J connectivity index is 4.62. The van der Waals surface area contributed by atoms with Crippen molar-refractivity contribution in [3.8, 4) is 0 Å². The van der Waals surface area contributed by atoms with Gasteiger partial charge in [-0.1, -0.05) is 3.89 Å². The number of halogens is 3. The van der Waals surface area contributed by atoms with Gasteiger partial charge in [0, 0.05) is 6.92 Å². The lowest BCUT2D eigenvalue weighted by Crippen LogP contribution is -2.30. The van der Waals surface area contributed by atoms with Crippen molar-refractivity contribution in [2.24, 2.45) is 0 Å². The van der Waals surface area contributed by atoms with Gasteiger partial charge >= 0.3 is 21.6 Å². The van der Waals surface area contributed by atoms with Crippen molar-refractivity contribution >= 4 is 16.2 Å².